The summed E-state index contributed by atoms with van der Waals surface area (Å²) in [5, 5.41) is 12.7. The van der Waals surface area contributed by atoms with Crippen molar-refractivity contribution in [3.63, 3.8) is 0 Å². The van der Waals surface area contributed by atoms with E-state index >= 15 is 0 Å². The first-order valence-electron chi connectivity index (χ1n) is 4.35. The summed E-state index contributed by atoms with van der Waals surface area (Å²) in [5.74, 6) is 1.28. The molecule has 88 valence electrons. The zero-order valence-corrected chi connectivity index (χ0v) is 8.47. The van der Waals surface area contributed by atoms with Gasteiger partial charge in [-0.3, -0.25) is 15.4 Å². The molecule has 0 unspecified atom stereocenters. The quantitative estimate of drug-likeness (QED) is 0.495. The molecule has 0 aliphatic rings. The Bertz CT molecular complexity index is 496. The van der Waals surface area contributed by atoms with Crippen LogP contribution in [0.1, 0.15) is 0 Å². The first kappa shape index (κ1) is 12.4. The molecule has 6 nitrogen and oxygen atoms in total. The smallest absolute Gasteiger partial charge is 0.412 e. The van der Waals surface area contributed by atoms with Crippen LogP contribution in [0.2, 0.25) is 0 Å². The number of halogens is 1. The van der Waals surface area contributed by atoms with Crippen molar-refractivity contribution >= 4 is 17.5 Å². The van der Waals surface area contributed by atoms with Crippen molar-refractivity contribution in [2.75, 3.05) is 11.9 Å². The number of nitro benzene ring substituents is 1. The van der Waals surface area contributed by atoms with Crippen LogP contribution in [0.15, 0.2) is 18.2 Å². The van der Waals surface area contributed by atoms with E-state index in [9.17, 15) is 19.3 Å². The van der Waals surface area contributed by atoms with Gasteiger partial charge in [0.2, 0.25) is 0 Å². The van der Waals surface area contributed by atoms with Crippen molar-refractivity contribution in [2.24, 2.45) is 0 Å². The Balaban J connectivity index is 2.87. The fourth-order valence-corrected chi connectivity index (χ4v) is 1.01. The van der Waals surface area contributed by atoms with Crippen LogP contribution in [-0.2, 0) is 4.74 Å². The summed E-state index contributed by atoms with van der Waals surface area (Å²) in [6.07, 6.45) is 3.91. The summed E-state index contributed by atoms with van der Waals surface area (Å²) in [4.78, 5) is 20.9. The van der Waals surface area contributed by atoms with Gasteiger partial charge in [0.25, 0.3) is 5.69 Å². The minimum absolute atomic E-state index is 0.168. The number of nitrogens with one attached hydrogen (secondary N) is 1. The molecule has 1 N–H and O–H groups in total. The molecular formula is C10H7FN2O4. The number of anilines is 1. The summed E-state index contributed by atoms with van der Waals surface area (Å²) in [5.41, 5.74) is -0.735. The number of carbonyl (C=O) groups is 1. The standard InChI is InChI=1S/C10H7FN2O4/c1-2-5-17-10(14)12-8-4-3-7(11)6-9(8)13(15)16/h1,3-4,6H,5H2,(H,12,14). The monoisotopic (exact) mass is 238 g/mol. The molecule has 0 aliphatic carbocycles. The number of carbonyl (C=O) groups excluding carboxylic acids is 1. The predicted molar refractivity (Wildman–Crippen MR) is 56.9 cm³/mol. The van der Waals surface area contributed by atoms with Gasteiger partial charge in [-0.2, -0.15) is 0 Å². The van der Waals surface area contributed by atoms with Crippen molar-refractivity contribution in [2.45, 2.75) is 0 Å². The highest BCUT2D eigenvalue weighted by molar-refractivity contribution is 5.87. The summed E-state index contributed by atoms with van der Waals surface area (Å²) in [6, 6.07) is 2.73. The number of hydrogen-bond acceptors (Lipinski definition) is 4. The molecule has 0 atom stereocenters. The number of nitrogens with zero attached hydrogens (tertiary/aromatic N) is 1. The number of amides is 1. The zero-order chi connectivity index (χ0) is 12.8. The van der Waals surface area contributed by atoms with Gasteiger partial charge in [-0.05, 0) is 12.1 Å². The van der Waals surface area contributed by atoms with Gasteiger partial charge in [-0.25, -0.2) is 9.18 Å². The number of rotatable bonds is 3. The van der Waals surface area contributed by atoms with Crippen LogP contribution in [0.25, 0.3) is 0 Å². The maximum atomic E-state index is 12.8. The SMILES string of the molecule is C#CCOC(=O)Nc1ccc(F)cc1[N+](=O)[O-]. The number of nitro groups is 1. The predicted octanol–water partition coefficient (Wildman–Crippen LogP) is 1.92. The number of ether oxygens (including phenoxy) is 1. The Morgan fingerprint density at radius 2 is 2.35 bits per heavy atom. The Morgan fingerprint density at radius 3 is 2.94 bits per heavy atom. The molecule has 0 bridgehead atoms. The van der Waals surface area contributed by atoms with Gasteiger partial charge in [-0.1, -0.05) is 5.92 Å². The van der Waals surface area contributed by atoms with Gasteiger partial charge in [0, 0.05) is 0 Å². The van der Waals surface area contributed by atoms with E-state index in [1.165, 1.54) is 0 Å². The molecule has 1 rings (SSSR count). The van der Waals surface area contributed by atoms with Gasteiger partial charge >= 0.3 is 6.09 Å². The Hall–Kier alpha value is -2.62. The largest absolute Gasteiger partial charge is 0.436 e. The summed E-state index contributed by atoms with van der Waals surface area (Å²) in [6.45, 7) is -0.263. The fourth-order valence-electron chi connectivity index (χ4n) is 1.01. The third-order valence-corrected chi connectivity index (χ3v) is 1.68. The molecule has 0 fully saturated rings. The molecule has 1 aromatic rings. The van der Waals surface area contributed by atoms with Crippen molar-refractivity contribution in [3.05, 3.63) is 34.1 Å². The van der Waals surface area contributed by atoms with Crippen LogP contribution >= 0.6 is 0 Å². The molecule has 0 spiro atoms. The lowest BCUT2D eigenvalue weighted by Crippen LogP contribution is -2.14. The lowest BCUT2D eigenvalue weighted by Gasteiger charge is -2.05. The molecule has 1 amide bonds. The second-order valence-corrected chi connectivity index (χ2v) is 2.82. The number of hydrogen-bond donors (Lipinski definition) is 1. The molecule has 0 aliphatic heterocycles. The van der Waals surface area contributed by atoms with E-state index in [4.69, 9.17) is 6.42 Å². The van der Waals surface area contributed by atoms with Crippen LogP contribution in [0, 0.1) is 28.3 Å². The molecule has 1 aromatic carbocycles. The fraction of sp³-hybridized carbons (Fsp3) is 0.100. The first-order valence-corrected chi connectivity index (χ1v) is 4.35. The van der Waals surface area contributed by atoms with E-state index < -0.39 is 22.5 Å². The second-order valence-electron chi connectivity index (χ2n) is 2.82. The highest BCUT2D eigenvalue weighted by Crippen LogP contribution is 2.24. The van der Waals surface area contributed by atoms with Crippen molar-refractivity contribution < 1.29 is 18.8 Å². The summed E-state index contributed by atoms with van der Waals surface area (Å²) < 4.78 is 17.2. The maximum absolute atomic E-state index is 12.8. The van der Waals surface area contributed by atoms with E-state index in [2.05, 4.69) is 16.0 Å². The van der Waals surface area contributed by atoms with Crippen LogP contribution in [-0.4, -0.2) is 17.6 Å². The Labute approximate surface area is 95.5 Å². The third-order valence-electron chi connectivity index (χ3n) is 1.68. The minimum Gasteiger partial charge on any atom is -0.436 e. The van der Waals surface area contributed by atoms with Gasteiger partial charge in [0.1, 0.15) is 11.5 Å². The number of terminal acetylenes is 1. The van der Waals surface area contributed by atoms with E-state index in [1.54, 1.807) is 0 Å². The molecule has 0 saturated carbocycles. The topological polar surface area (TPSA) is 81.5 Å². The van der Waals surface area contributed by atoms with Crippen LogP contribution in [0.5, 0.6) is 0 Å². The van der Waals surface area contributed by atoms with Crippen molar-refractivity contribution in [3.8, 4) is 12.3 Å². The maximum Gasteiger partial charge on any atom is 0.412 e. The highest BCUT2D eigenvalue weighted by Gasteiger charge is 2.17. The van der Waals surface area contributed by atoms with Gasteiger partial charge in [-0.15, -0.1) is 6.42 Å². The second kappa shape index (κ2) is 5.46. The molecule has 17 heavy (non-hydrogen) atoms. The zero-order valence-electron chi connectivity index (χ0n) is 8.47. The highest BCUT2D eigenvalue weighted by atomic mass is 19.1. The van der Waals surface area contributed by atoms with Crippen LogP contribution in [0.4, 0.5) is 20.6 Å². The average Bonchev–Trinajstić information content (AvgIpc) is 2.28. The molecule has 0 heterocycles. The summed E-state index contributed by atoms with van der Waals surface area (Å²) in [7, 11) is 0. The molecule has 0 saturated heterocycles. The Kier molecular flexibility index (Phi) is 4.00. The third kappa shape index (κ3) is 3.46. The van der Waals surface area contributed by atoms with Crippen molar-refractivity contribution in [1.82, 2.24) is 0 Å². The van der Waals surface area contributed by atoms with Crippen LogP contribution in [0.3, 0.4) is 0 Å². The van der Waals surface area contributed by atoms with E-state index in [1.807, 2.05) is 0 Å². The van der Waals surface area contributed by atoms with Gasteiger partial charge in [0.15, 0.2) is 6.61 Å². The summed E-state index contributed by atoms with van der Waals surface area (Å²) >= 11 is 0. The Morgan fingerprint density at radius 1 is 1.65 bits per heavy atom. The minimum atomic E-state index is -0.947. The average molecular weight is 238 g/mol. The van der Waals surface area contributed by atoms with E-state index in [0.717, 1.165) is 12.1 Å². The van der Waals surface area contributed by atoms with E-state index in [0.29, 0.717) is 6.07 Å². The molecule has 0 aromatic heterocycles. The normalized spacial score (nSPS) is 9.18. The number of benzene rings is 1. The molecule has 7 heteroatoms. The first-order chi connectivity index (χ1) is 8.04. The van der Waals surface area contributed by atoms with Gasteiger partial charge < -0.3 is 4.74 Å². The van der Waals surface area contributed by atoms with E-state index in [-0.39, 0.29) is 12.3 Å². The lowest BCUT2D eigenvalue weighted by atomic mass is 10.2. The molecule has 0 radical (unpaired) electrons. The lowest BCUT2D eigenvalue weighted by molar-refractivity contribution is -0.384. The molecular weight excluding hydrogens is 231 g/mol. The van der Waals surface area contributed by atoms with Gasteiger partial charge in [0.05, 0.1) is 11.0 Å². The van der Waals surface area contributed by atoms with Crippen LogP contribution < -0.4 is 5.32 Å². The van der Waals surface area contributed by atoms with Crippen molar-refractivity contribution in [1.29, 1.82) is 0 Å².